The molecule has 1 saturated heterocycles. The molecule has 0 radical (unpaired) electrons. The first-order chi connectivity index (χ1) is 9.86. The molecule has 7 heteroatoms. The lowest BCUT2D eigenvalue weighted by Crippen LogP contribution is -2.33. The number of nitrogens with zero attached hydrogens (tertiary/aromatic N) is 2. The molecule has 0 spiro atoms. The summed E-state index contributed by atoms with van der Waals surface area (Å²) < 4.78 is 47.7. The Balaban J connectivity index is 2.02. The number of sulfone groups is 1. The topological polar surface area (TPSA) is 40.6 Å². The van der Waals surface area contributed by atoms with Gasteiger partial charge < -0.3 is 4.90 Å². The number of benzene rings is 1. The number of hydrogen-bond acceptors (Lipinski definition) is 4. The van der Waals surface area contributed by atoms with Crippen LogP contribution < -0.4 is 4.90 Å². The van der Waals surface area contributed by atoms with Crippen molar-refractivity contribution in [2.24, 2.45) is 0 Å². The molecule has 0 aromatic heterocycles. The van der Waals surface area contributed by atoms with Crippen molar-refractivity contribution < 1.29 is 17.2 Å². The lowest BCUT2D eigenvalue weighted by molar-refractivity contribution is 0.0917. The molecule has 0 amide bonds. The van der Waals surface area contributed by atoms with Crippen molar-refractivity contribution in [3.63, 3.8) is 0 Å². The van der Waals surface area contributed by atoms with Gasteiger partial charge in [-0.15, -0.1) is 0 Å². The zero-order valence-corrected chi connectivity index (χ0v) is 12.8. The van der Waals surface area contributed by atoms with E-state index in [1.54, 1.807) is 29.2 Å². The van der Waals surface area contributed by atoms with Crippen molar-refractivity contribution in [1.82, 2.24) is 4.90 Å². The van der Waals surface area contributed by atoms with E-state index in [0.29, 0.717) is 24.5 Å². The Morgan fingerprint density at radius 1 is 1.10 bits per heavy atom. The Kier molecular flexibility index (Phi) is 5.16. The monoisotopic (exact) mass is 318 g/mol. The molecule has 2 rings (SSSR count). The molecule has 0 N–H and O–H groups in total. The van der Waals surface area contributed by atoms with Crippen molar-refractivity contribution in [2.45, 2.75) is 17.7 Å². The summed E-state index contributed by atoms with van der Waals surface area (Å²) in [5.74, 6) is 0. The lowest BCUT2D eigenvalue weighted by atomic mass is 10.2. The minimum absolute atomic E-state index is 0.180. The Morgan fingerprint density at radius 2 is 1.76 bits per heavy atom. The van der Waals surface area contributed by atoms with Crippen molar-refractivity contribution in [3.05, 3.63) is 24.3 Å². The van der Waals surface area contributed by atoms with Crippen molar-refractivity contribution in [1.29, 1.82) is 0 Å². The van der Waals surface area contributed by atoms with Crippen LogP contribution in [0.2, 0.25) is 0 Å². The molecule has 0 saturated carbocycles. The fourth-order valence-corrected chi connectivity index (χ4v) is 3.14. The normalized spacial score (nSPS) is 18.0. The molecule has 0 unspecified atom stereocenters. The van der Waals surface area contributed by atoms with Gasteiger partial charge >= 0.3 is 0 Å². The highest BCUT2D eigenvalue weighted by atomic mass is 32.2. The van der Waals surface area contributed by atoms with Crippen LogP contribution in [-0.4, -0.2) is 58.7 Å². The van der Waals surface area contributed by atoms with Gasteiger partial charge in [0.2, 0.25) is 0 Å². The molecule has 4 nitrogen and oxygen atoms in total. The second-order valence-electron chi connectivity index (χ2n) is 5.30. The van der Waals surface area contributed by atoms with E-state index < -0.39 is 16.3 Å². The average Bonchev–Trinajstić information content (AvgIpc) is 2.63. The Hall–Kier alpha value is -1.21. The molecular formula is C14H20F2N2O2S. The lowest BCUT2D eigenvalue weighted by Gasteiger charge is -2.23. The van der Waals surface area contributed by atoms with Gasteiger partial charge in [-0.05, 0) is 30.7 Å². The Labute approximate surface area is 124 Å². The van der Waals surface area contributed by atoms with Crippen LogP contribution in [0.25, 0.3) is 0 Å². The summed E-state index contributed by atoms with van der Waals surface area (Å²) in [6, 6.07) is 6.73. The first-order valence-electron chi connectivity index (χ1n) is 6.92. The number of alkyl halides is 2. The third-order valence-corrected chi connectivity index (χ3v) is 4.74. The second-order valence-corrected chi connectivity index (χ2v) is 7.31. The summed E-state index contributed by atoms with van der Waals surface area (Å²) in [5.41, 5.74) is 0.932. The average molecular weight is 318 g/mol. The molecule has 1 aromatic rings. The predicted octanol–water partition coefficient (Wildman–Crippen LogP) is 1.87. The maximum atomic E-state index is 12.4. The number of halogens is 2. The van der Waals surface area contributed by atoms with Crippen molar-refractivity contribution in [2.75, 3.05) is 43.9 Å². The van der Waals surface area contributed by atoms with Crippen LogP contribution in [0, 0.1) is 0 Å². The van der Waals surface area contributed by atoms with Gasteiger partial charge in [-0.3, -0.25) is 4.90 Å². The summed E-state index contributed by atoms with van der Waals surface area (Å²) in [6.07, 6.45) is -0.304. The number of anilines is 1. The summed E-state index contributed by atoms with van der Waals surface area (Å²) in [6.45, 7) is 2.55. The maximum Gasteiger partial charge on any atom is 0.251 e. The Morgan fingerprint density at radius 3 is 2.33 bits per heavy atom. The van der Waals surface area contributed by atoms with E-state index in [9.17, 15) is 17.2 Å². The smallest absolute Gasteiger partial charge is 0.251 e. The maximum absolute atomic E-state index is 12.4. The standard InChI is InChI=1S/C14H20F2N2O2S/c1-21(19,20)13-5-3-12(4-6-13)18-8-2-7-17(9-10-18)11-14(15)16/h3-6,14H,2,7-11H2,1H3. The zero-order valence-electron chi connectivity index (χ0n) is 12.0. The second kappa shape index (κ2) is 6.70. The van der Waals surface area contributed by atoms with Gasteiger partial charge in [0.05, 0.1) is 11.4 Å². The highest BCUT2D eigenvalue weighted by molar-refractivity contribution is 7.90. The first kappa shape index (κ1) is 16.2. The molecule has 21 heavy (non-hydrogen) atoms. The number of hydrogen-bond donors (Lipinski definition) is 0. The third kappa shape index (κ3) is 4.64. The molecule has 1 aromatic carbocycles. The van der Waals surface area contributed by atoms with Crippen LogP contribution in [0.4, 0.5) is 14.5 Å². The fourth-order valence-electron chi connectivity index (χ4n) is 2.51. The van der Waals surface area contributed by atoms with E-state index in [4.69, 9.17) is 0 Å². The molecule has 0 bridgehead atoms. The van der Waals surface area contributed by atoms with E-state index in [2.05, 4.69) is 4.90 Å². The number of rotatable bonds is 4. The fraction of sp³-hybridized carbons (Fsp3) is 0.571. The van der Waals surface area contributed by atoms with E-state index in [0.717, 1.165) is 18.7 Å². The molecule has 1 aliphatic rings. The van der Waals surface area contributed by atoms with Crippen LogP contribution in [-0.2, 0) is 9.84 Å². The molecule has 0 atom stereocenters. The third-order valence-electron chi connectivity index (χ3n) is 3.61. The van der Waals surface area contributed by atoms with Crippen LogP contribution in [0.1, 0.15) is 6.42 Å². The van der Waals surface area contributed by atoms with Crippen LogP contribution in [0.5, 0.6) is 0 Å². The van der Waals surface area contributed by atoms with Crippen molar-refractivity contribution in [3.8, 4) is 0 Å². The van der Waals surface area contributed by atoms with E-state index in [1.165, 1.54) is 6.26 Å². The highest BCUT2D eigenvalue weighted by Gasteiger charge is 2.18. The predicted molar refractivity (Wildman–Crippen MR) is 78.8 cm³/mol. The molecule has 1 fully saturated rings. The van der Waals surface area contributed by atoms with E-state index in [-0.39, 0.29) is 6.54 Å². The van der Waals surface area contributed by atoms with Gasteiger partial charge in [0.15, 0.2) is 9.84 Å². The minimum Gasteiger partial charge on any atom is -0.370 e. The Bertz CT molecular complexity index is 561. The van der Waals surface area contributed by atoms with Crippen LogP contribution in [0.3, 0.4) is 0 Å². The summed E-state index contributed by atoms with van der Waals surface area (Å²) in [5, 5.41) is 0. The first-order valence-corrected chi connectivity index (χ1v) is 8.81. The van der Waals surface area contributed by atoms with E-state index >= 15 is 0 Å². The summed E-state index contributed by atoms with van der Waals surface area (Å²) in [4.78, 5) is 4.17. The van der Waals surface area contributed by atoms with Gasteiger partial charge in [0.1, 0.15) is 0 Å². The minimum atomic E-state index is -3.19. The SMILES string of the molecule is CS(=O)(=O)c1ccc(N2CCCN(CC(F)F)CC2)cc1. The van der Waals surface area contributed by atoms with Gasteiger partial charge in [0, 0.05) is 38.1 Å². The van der Waals surface area contributed by atoms with Gasteiger partial charge in [-0.1, -0.05) is 0 Å². The molecule has 1 heterocycles. The summed E-state index contributed by atoms with van der Waals surface area (Å²) >= 11 is 0. The molecule has 1 aliphatic heterocycles. The van der Waals surface area contributed by atoms with Gasteiger partial charge in [-0.2, -0.15) is 0 Å². The van der Waals surface area contributed by atoms with Crippen LogP contribution >= 0.6 is 0 Å². The van der Waals surface area contributed by atoms with Crippen molar-refractivity contribution >= 4 is 15.5 Å². The highest BCUT2D eigenvalue weighted by Crippen LogP contribution is 2.19. The van der Waals surface area contributed by atoms with E-state index in [1.807, 2.05) is 0 Å². The molecule has 0 aliphatic carbocycles. The summed E-state index contributed by atoms with van der Waals surface area (Å²) in [7, 11) is -3.19. The zero-order chi connectivity index (χ0) is 15.5. The van der Waals surface area contributed by atoms with Crippen LogP contribution in [0.15, 0.2) is 29.2 Å². The quantitative estimate of drug-likeness (QED) is 0.850. The van der Waals surface area contributed by atoms with Gasteiger partial charge in [0.25, 0.3) is 6.43 Å². The largest absolute Gasteiger partial charge is 0.370 e. The van der Waals surface area contributed by atoms with Gasteiger partial charge in [-0.25, -0.2) is 17.2 Å². The molecular weight excluding hydrogens is 298 g/mol. The molecule has 118 valence electrons.